The zero-order valence-electron chi connectivity index (χ0n) is 13.1. The standard InChI is InChI=1S/C17H17FN2O3S/c1-23-16(21)15-11(18)5-2-6-12(15)19-17(22)20-9-3-7-13(20)14-8-4-10-24-14/h2,4-6,8,10,13H,3,7,9H2,1H3,(H,19,22)/t13-/m1/s1. The molecule has 2 amide bonds. The van der Waals surface area contributed by atoms with Crippen molar-refractivity contribution in [2.75, 3.05) is 19.0 Å². The van der Waals surface area contributed by atoms with E-state index in [4.69, 9.17) is 0 Å². The summed E-state index contributed by atoms with van der Waals surface area (Å²) >= 11 is 1.61. The fraction of sp³-hybridized carbons (Fsp3) is 0.294. The van der Waals surface area contributed by atoms with Crippen molar-refractivity contribution < 1.29 is 18.7 Å². The van der Waals surface area contributed by atoms with Crippen LogP contribution in [0, 0.1) is 5.82 Å². The van der Waals surface area contributed by atoms with Crippen LogP contribution in [-0.4, -0.2) is 30.6 Å². The number of carbonyl (C=O) groups excluding carboxylic acids is 2. The van der Waals surface area contributed by atoms with Crippen LogP contribution in [0.4, 0.5) is 14.9 Å². The number of urea groups is 1. The highest BCUT2D eigenvalue weighted by Crippen LogP contribution is 2.35. The van der Waals surface area contributed by atoms with Crippen LogP contribution < -0.4 is 5.32 Å². The number of rotatable bonds is 3. The van der Waals surface area contributed by atoms with E-state index in [1.165, 1.54) is 19.2 Å². The van der Waals surface area contributed by atoms with Crippen molar-refractivity contribution in [3.63, 3.8) is 0 Å². The van der Waals surface area contributed by atoms with Gasteiger partial charge in [0.25, 0.3) is 0 Å². The van der Waals surface area contributed by atoms with Crippen molar-refractivity contribution in [1.82, 2.24) is 4.90 Å². The predicted molar refractivity (Wildman–Crippen MR) is 89.8 cm³/mol. The van der Waals surface area contributed by atoms with Gasteiger partial charge in [0.1, 0.15) is 11.4 Å². The number of likely N-dealkylation sites (tertiary alicyclic amines) is 1. The maximum atomic E-state index is 14.0. The minimum absolute atomic E-state index is 0.0140. The second-order valence-electron chi connectivity index (χ2n) is 5.45. The van der Waals surface area contributed by atoms with E-state index >= 15 is 0 Å². The van der Waals surface area contributed by atoms with Gasteiger partial charge in [-0.25, -0.2) is 14.0 Å². The summed E-state index contributed by atoms with van der Waals surface area (Å²) in [6, 6.07) is 7.72. The number of methoxy groups -OCH3 is 1. The summed E-state index contributed by atoms with van der Waals surface area (Å²) in [6.07, 6.45) is 1.80. The van der Waals surface area contributed by atoms with Gasteiger partial charge >= 0.3 is 12.0 Å². The molecule has 0 spiro atoms. The van der Waals surface area contributed by atoms with Crippen LogP contribution in [0.15, 0.2) is 35.7 Å². The van der Waals surface area contributed by atoms with Gasteiger partial charge in [-0.3, -0.25) is 0 Å². The Morgan fingerprint density at radius 1 is 1.33 bits per heavy atom. The molecule has 0 bridgehead atoms. The molecular formula is C17H17FN2O3S. The molecule has 1 saturated heterocycles. The third kappa shape index (κ3) is 3.12. The van der Waals surface area contributed by atoms with Crippen LogP contribution in [0.1, 0.15) is 34.1 Å². The highest BCUT2D eigenvalue weighted by atomic mass is 32.1. The molecule has 0 radical (unpaired) electrons. The Bertz CT molecular complexity index is 748. The first-order valence-electron chi connectivity index (χ1n) is 7.59. The number of thiophene rings is 1. The molecule has 0 aliphatic carbocycles. The largest absolute Gasteiger partial charge is 0.465 e. The molecule has 2 heterocycles. The van der Waals surface area contributed by atoms with Gasteiger partial charge in [-0.05, 0) is 36.4 Å². The van der Waals surface area contributed by atoms with Crippen LogP contribution in [0.25, 0.3) is 0 Å². The molecule has 1 aromatic heterocycles. The lowest BCUT2D eigenvalue weighted by atomic mass is 10.1. The Morgan fingerprint density at radius 3 is 2.88 bits per heavy atom. The van der Waals surface area contributed by atoms with E-state index in [0.29, 0.717) is 6.54 Å². The number of esters is 1. The van der Waals surface area contributed by atoms with E-state index in [9.17, 15) is 14.0 Å². The average Bonchev–Trinajstić information content (AvgIpc) is 3.25. The molecule has 1 aliphatic heterocycles. The van der Waals surface area contributed by atoms with E-state index < -0.39 is 11.8 Å². The van der Waals surface area contributed by atoms with E-state index in [1.54, 1.807) is 16.2 Å². The molecule has 126 valence electrons. The minimum atomic E-state index is -0.820. The molecule has 5 nitrogen and oxygen atoms in total. The highest BCUT2D eigenvalue weighted by Gasteiger charge is 2.31. The quantitative estimate of drug-likeness (QED) is 0.852. The van der Waals surface area contributed by atoms with Crippen molar-refractivity contribution in [3.05, 3.63) is 52.0 Å². The topological polar surface area (TPSA) is 58.6 Å². The molecule has 0 saturated carbocycles. The van der Waals surface area contributed by atoms with Gasteiger partial charge in [0.15, 0.2) is 0 Å². The lowest BCUT2D eigenvalue weighted by Gasteiger charge is -2.24. The zero-order valence-corrected chi connectivity index (χ0v) is 13.9. The summed E-state index contributed by atoms with van der Waals surface area (Å²) in [5.74, 6) is -1.55. The normalized spacial score (nSPS) is 16.9. The lowest BCUT2D eigenvalue weighted by Crippen LogP contribution is -2.34. The average molecular weight is 348 g/mol. The monoisotopic (exact) mass is 348 g/mol. The number of ether oxygens (including phenoxy) is 1. The van der Waals surface area contributed by atoms with Crippen molar-refractivity contribution in [1.29, 1.82) is 0 Å². The molecular weight excluding hydrogens is 331 g/mol. The number of hydrogen-bond donors (Lipinski definition) is 1. The second-order valence-corrected chi connectivity index (χ2v) is 6.43. The molecule has 1 aliphatic rings. The second kappa shape index (κ2) is 7.00. The molecule has 2 aromatic rings. The number of nitrogens with zero attached hydrogens (tertiary/aromatic N) is 1. The number of amides is 2. The summed E-state index contributed by atoms with van der Waals surface area (Å²) in [7, 11) is 1.17. The van der Waals surface area contributed by atoms with Crippen molar-refractivity contribution in [2.24, 2.45) is 0 Å². The fourth-order valence-corrected chi connectivity index (χ4v) is 3.78. The van der Waals surface area contributed by atoms with Gasteiger partial charge in [0.2, 0.25) is 0 Å². The Morgan fingerprint density at radius 2 is 2.17 bits per heavy atom. The molecule has 0 unspecified atom stereocenters. The first-order chi connectivity index (χ1) is 11.6. The van der Waals surface area contributed by atoms with Crippen LogP contribution >= 0.6 is 11.3 Å². The molecule has 1 aromatic carbocycles. The van der Waals surface area contributed by atoms with Gasteiger partial charge in [0, 0.05) is 11.4 Å². The van der Waals surface area contributed by atoms with Crippen molar-refractivity contribution in [3.8, 4) is 0 Å². The molecule has 1 N–H and O–H groups in total. The van der Waals surface area contributed by atoms with Gasteiger partial charge in [-0.15, -0.1) is 11.3 Å². The van der Waals surface area contributed by atoms with Gasteiger partial charge in [-0.2, -0.15) is 0 Å². The van der Waals surface area contributed by atoms with Crippen LogP contribution in [0.2, 0.25) is 0 Å². The van der Waals surface area contributed by atoms with E-state index in [0.717, 1.165) is 23.8 Å². The van der Waals surface area contributed by atoms with Crippen molar-refractivity contribution >= 4 is 29.0 Å². The van der Waals surface area contributed by atoms with Gasteiger partial charge in [0.05, 0.1) is 18.8 Å². The summed E-state index contributed by atoms with van der Waals surface area (Å²) in [5.41, 5.74) is -0.149. The Balaban J connectivity index is 1.83. The number of halogens is 1. The first kappa shape index (κ1) is 16.4. The Kier molecular flexibility index (Phi) is 4.80. The summed E-state index contributed by atoms with van der Waals surface area (Å²) in [5, 5.41) is 4.63. The fourth-order valence-electron chi connectivity index (χ4n) is 2.91. The van der Waals surface area contributed by atoms with Gasteiger partial charge < -0.3 is 15.0 Å². The number of nitrogens with one attached hydrogen (secondary N) is 1. The van der Waals surface area contributed by atoms with Crippen molar-refractivity contribution in [2.45, 2.75) is 18.9 Å². The van der Waals surface area contributed by atoms with E-state index in [-0.39, 0.29) is 23.3 Å². The summed E-state index contributed by atoms with van der Waals surface area (Å²) in [4.78, 5) is 27.3. The molecule has 3 rings (SSSR count). The smallest absolute Gasteiger partial charge is 0.342 e. The predicted octanol–water partition coefficient (Wildman–Crippen LogP) is 4.04. The molecule has 1 fully saturated rings. The first-order valence-corrected chi connectivity index (χ1v) is 8.47. The Hall–Kier alpha value is -2.41. The molecule has 24 heavy (non-hydrogen) atoms. The lowest BCUT2D eigenvalue weighted by molar-refractivity contribution is 0.0597. The minimum Gasteiger partial charge on any atom is -0.465 e. The van der Waals surface area contributed by atoms with Crippen LogP contribution in [-0.2, 0) is 4.74 Å². The van der Waals surface area contributed by atoms with Crippen LogP contribution in [0.3, 0.4) is 0 Å². The number of benzene rings is 1. The summed E-state index contributed by atoms with van der Waals surface area (Å²) < 4.78 is 18.6. The van der Waals surface area contributed by atoms with E-state index in [2.05, 4.69) is 10.1 Å². The zero-order chi connectivity index (χ0) is 17.1. The third-order valence-corrected chi connectivity index (χ3v) is 5.00. The molecule has 7 heteroatoms. The third-order valence-electron chi connectivity index (χ3n) is 4.03. The maximum Gasteiger partial charge on any atom is 0.342 e. The maximum absolute atomic E-state index is 14.0. The number of hydrogen-bond acceptors (Lipinski definition) is 4. The number of carbonyl (C=O) groups is 2. The highest BCUT2D eigenvalue weighted by molar-refractivity contribution is 7.10. The van der Waals surface area contributed by atoms with Gasteiger partial charge in [-0.1, -0.05) is 12.1 Å². The van der Waals surface area contributed by atoms with E-state index in [1.807, 2.05) is 17.5 Å². The summed E-state index contributed by atoms with van der Waals surface area (Å²) in [6.45, 7) is 0.622. The van der Waals surface area contributed by atoms with Crippen LogP contribution in [0.5, 0.6) is 0 Å². The molecule has 1 atom stereocenters. The Labute approximate surface area is 143 Å². The SMILES string of the molecule is COC(=O)c1c(F)cccc1NC(=O)N1CCC[C@@H]1c1cccs1. The number of anilines is 1.